The second kappa shape index (κ2) is 6.40. The summed E-state index contributed by atoms with van der Waals surface area (Å²) in [6.45, 7) is 3.78. The summed E-state index contributed by atoms with van der Waals surface area (Å²) in [7, 11) is 0. The highest BCUT2D eigenvalue weighted by atomic mass is 16.2. The zero-order valence-corrected chi connectivity index (χ0v) is 14.0. The van der Waals surface area contributed by atoms with Gasteiger partial charge in [-0.1, -0.05) is 48.5 Å². The number of anilines is 1. The van der Waals surface area contributed by atoms with Crippen molar-refractivity contribution >= 4 is 11.6 Å². The van der Waals surface area contributed by atoms with Crippen LogP contribution in [-0.2, 0) is 11.3 Å². The van der Waals surface area contributed by atoms with E-state index in [9.17, 15) is 4.79 Å². The van der Waals surface area contributed by atoms with Crippen LogP contribution in [0.2, 0.25) is 0 Å². The van der Waals surface area contributed by atoms with E-state index in [4.69, 9.17) is 0 Å². The van der Waals surface area contributed by atoms with Crippen molar-refractivity contribution in [2.75, 3.05) is 24.5 Å². The predicted octanol–water partition coefficient (Wildman–Crippen LogP) is 3.71. The Balaban J connectivity index is 1.50. The van der Waals surface area contributed by atoms with Gasteiger partial charge in [-0.3, -0.25) is 9.69 Å². The second-order valence-corrected chi connectivity index (χ2v) is 7.12. The Labute approximate surface area is 143 Å². The Bertz CT molecular complexity index is 700. The number of hydrogen-bond donors (Lipinski definition) is 0. The summed E-state index contributed by atoms with van der Waals surface area (Å²) in [6.07, 6.45) is 3.12. The van der Waals surface area contributed by atoms with Crippen LogP contribution in [0.15, 0.2) is 60.7 Å². The van der Waals surface area contributed by atoms with Crippen LogP contribution >= 0.6 is 0 Å². The molecule has 2 aromatic rings. The van der Waals surface area contributed by atoms with Crippen LogP contribution in [-0.4, -0.2) is 30.4 Å². The van der Waals surface area contributed by atoms with Gasteiger partial charge >= 0.3 is 0 Å². The van der Waals surface area contributed by atoms with Gasteiger partial charge in [-0.05, 0) is 43.5 Å². The molecule has 0 aliphatic carbocycles. The molecule has 0 bridgehead atoms. The topological polar surface area (TPSA) is 23.6 Å². The number of likely N-dealkylation sites (tertiary alicyclic amines) is 1. The molecule has 0 aromatic heterocycles. The summed E-state index contributed by atoms with van der Waals surface area (Å²) in [4.78, 5) is 17.6. The molecule has 3 heteroatoms. The number of amides is 1. The summed E-state index contributed by atoms with van der Waals surface area (Å²) in [5.41, 5.74) is 2.20. The van der Waals surface area contributed by atoms with Gasteiger partial charge in [-0.15, -0.1) is 0 Å². The third-order valence-electron chi connectivity index (χ3n) is 5.49. The van der Waals surface area contributed by atoms with Crippen molar-refractivity contribution in [3.63, 3.8) is 0 Å². The van der Waals surface area contributed by atoms with Gasteiger partial charge in [0.25, 0.3) is 0 Å². The number of carbonyl (C=O) groups is 1. The molecular weight excluding hydrogens is 296 g/mol. The Morgan fingerprint density at radius 2 is 1.58 bits per heavy atom. The summed E-state index contributed by atoms with van der Waals surface area (Å²) >= 11 is 0. The third kappa shape index (κ3) is 2.84. The van der Waals surface area contributed by atoms with Crippen LogP contribution in [0.25, 0.3) is 0 Å². The zero-order chi connectivity index (χ0) is 16.4. The van der Waals surface area contributed by atoms with E-state index in [0.717, 1.165) is 51.1 Å². The van der Waals surface area contributed by atoms with Crippen molar-refractivity contribution in [1.82, 2.24) is 4.90 Å². The maximum Gasteiger partial charge on any atom is 0.234 e. The van der Waals surface area contributed by atoms with Gasteiger partial charge in [0.05, 0.1) is 5.41 Å². The highest BCUT2D eigenvalue weighted by molar-refractivity contribution is 6.00. The maximum atomic E-state index is 13.2. The first-order chi connectivity index (χ1) is 11.8. The molecule has 1 atom stereocenters. The molecule has 1 spiro atoms. The van der Waals surface area contributed by atoms with E-state index in [1.54, 1.807) is 0 Å². The Morgan fingerprint density at radius 1 is 0.875 bits per heavy atom. The maximum absolute atomic E-state index is 13.2. The largest absolute Gasteiger partial charge is 0.312 e. The first-order valence-corrected chi connectivity index (χ1v) is 8.90. The number of rotatable bonds is 3. The normalized spacial score (nSPS) is 24.7. The smallest absolute Gasteiger partial charge is 0.234 e. The van der Waals surface area contributed by atoms with E-state index in [-0.39, 0.29) is 5.41 Å². The average Bonchev–Trinajstić information content (AvgIpc) is 2.93. The molecule has 2 aliphatic rings. The molecule has 0 N–H and O–H groups in total. The van der Waals surface area contributed by atoms with E-state index in [2.05, 4.69) is 35.2 Å². The molecule has 2 saturated heterocycles. The van der Waals surface area contributed by atoms with Crippen LogP contribution < -0.4 is 4.90 Å². The first-order valence-electron chi connectivity index (χ1n) is 8.90. The van der Waals surface area contributed by atoms with Crippen LogP contribution in [0.3, 0.4) is 0 Å². The van der Waals surface area contributed by atoms with Crippen molar-refractivity contribution in [2.45, 2.75) is 25.8 Å². The fourth-order valence-corrected chi connectivity index (χ4v) is 4.26. The molecule has 2 fully saturated rings. The molecule has 0 unspecified atom stereocenters. The van der Waals surface area contributed by atoms with Crippen LogP contribution in [0, 0.1) is 5.41 Å². The molecule has 2 aromatic carbocycles. The van der Waals surface area contributed by atoms with Crippen molar-refractivity contribution < 1.29 is 4.79 Å². The minimum absolute atomic E-state index is 0.178. The van der Waals surface area contributed by atoms with Gasteiger partial charge in [0.15, 0.2) is 0 Å². The molecule has 1 amide bonds. The third-order valence-corrected chi connectivity index (χ3v) is 5.49. The molecule has 0 saturated carbocycles. The number of nitrogens with zero attached hydrogens (tertiary/aromatic N) is 2. The molecule has 2 aliphatic heterocycles. The van der Waals surface area contributed by atoms with Crippen molar-refractivity contribution in [3.05, 3.63) is 66.2 Å². The lowest BCUT2D eigenvalue weighted by Gasteiger charge is -2.39. The Hall–Kier alpha value is -2.13. The van der Waals surface area contributed by atoms with E-state index < -0.39 is 0 Å². The van der Waals surface area contributed by atoms with E-state index in [1.807, 2.05) is 35.2 Å². The molecule has 3 nitrogen and oxygen atoms in total. The van der Waals surface area contributed by atoms with E-state index >= 15 is 0 Å². The van der Waals surface area contributed by atoms with Crippen molar-refractivity contribution in [2.24, 2.45) is 5.41 Å². The number of hydrogen-bond acceptors (Lipinski definition) is 2. The second-order valence-electron chi connectivity index (χ2n) is 7.12. The van der Waals surface area contributed by atoms with Gasteiger partial charge in [-0.25, -0.2) is 0 Å². The molecule has 124 valence electrons. The standard InChI is InChI=1S/C21H24N2O/c24-20-21(13-15-23(20)19-10-5-2-6-11-19)12-7-14-22(17-21)16-18-8-3-1-4-9-18/h1-6,8-11H,7,12-17H2/t21-/m0/s1. The average molecular weight is 320 g/mol. The van der Waals surface area contributed by atoms with Crippen molar-refractivity contribution in [3.8, 4) is 0 Å². The SMILES string of the molecule is O=C1N(c2ccccc2)CC[C@]12CCCN(Cc1ccccc1)C2. The fourth-order valence-electron chi connectivity index (χ4n) is 4.26. The monoisotopic (exact) mass is 320 g/mol. The quantitative estimate of drug-likeness (QED) is 0.861. The van der Waals surface area contributed by atoms with E-state index in [0.29, 0.717) is 5.91 Å². The van der Waals surface area contributed by atoms with Crippen LogP contribution in [0.1, 0.15) is 24.8 Å². The van der Waals surface area contributed by atoms with Gasteiger partial charge < -0.3 is 4.90 Å². The lowest BCUT2D eigenvalue weighted by atomic mass is 9.78. The van der Waals surface area contributed by atoms with Crippen LogP contribution in [0.5, 0.6) is 0 Å². The highest BCUT2D eigenvalue weighted by Gasteiger charge is 2.49. The Morgan fingerprint density at radius 3 is 2.33 bits per heavy atom. The van der Waals surface area contributed by atoms with Gasteiger partial charge in [0, 0.05) is 25.3 Å². The molecular formula is C21H24N2O. The molecule has 24 heavy (non-hydrogen) atoms. The summed E-state index contributed by atoms with van der Waals surface area (Å²) in [5.74, 6) is 0.325. The van der Waals surface area contributed by atoms with Gasteiger partial charge in [-0.2, -0.15) is 0 Å². The van der Waals surface area contributed by atoms with Gasteiger partial charge in [0.2, 0.25) is 5.91 Å². The Kier molecular flexibility index (Phi) is 4.11. The lowest BCUT2D eigenvalue weighted by molar-refractivity contribution is -0.128. The molecule has 2 heterocycles. The highest BCUT2D eigenvalue weighted by Crippen LogP contribution is 2.42. The summed E-state index contributed by atoms with van der Waals surface area (Å²) in [5, 5.41) is 0. The number of benzene rings is 2. The first kappa shape index (κ1) is 15.4. The predicted molar refractivity (Wildman–Crippen MR) is 96.8 cm³/mol. The minimum atomic E-state index is -0.178. The van der Waals surface area contributed by atoms with Gasteiger partial charge in [0.1, 0.15) is 0 Å². The number of para-hydroxylation sites is 1. The molecule has 4 rings (SSSR count). The number of piperidine rings is 1. The minimum Gasteiger partial charge on any atom is -0.312 e. The number of carbonyl (C=O) groups excluding carboxylic acids is 1. The molecule has 0 radical (unpaired) electrons. The van der Waals surface area contributed by atoms with Crippen molar-refractivity contribution in [1.29, 1.82) is 0 Å². The zero-order valence-electron chi connectivity index (χ0n) is 14.0. The van der Waals surface area contributed by atoms with Crippen LogP contribution in [0.4, 0.5) is 5.69 Å². The lowest BCUT2D eigenvalue weighted by Crippen LogP contribution is -2.47. The fraction of sp³-hybridized carbons (Fsp3) is 0.381. The summed E-state index contributed by atoms with van der Waals surface area (Å²) < 4.78 is 0. The summed E-state index contributed by atoms with van der Waals surface area (Å²) in [6, 6.07) is 20.7. The van der Waals surface area contributed by atoms with E-state index in [1.165, 1.54) is 5.56 Å².